The van der Waals surface area contributed by atoms with E-state index in [1.807, 2.05) is 0 Å². The lowest BCUT2D eigenvalue weighted by molar-refractivity contribution is -0.140. The van der Waals surface area contributed by atoms with Gasteiger partial charge in [0.2, 0.25) is 5.28 Å². The number of aromatic nitrogens is 4. The molecule has 0 saturated carbocycles. The highest BCUT2D eigenvalue weighted by Gasteiger charge is 2.34. The second-order valence-corrected chi connectivity index (χ2v) is 6.51. The van der Waals surface area contributed by atoms with Gasteiger partial charge in [0.25, 0.3) is 0 Å². The summed E-state index contributed by atoms with van der Waals surface area (Å²) in [6, 6.07) is 4.67. The summed E-state index contributed by atoms with van der Waals surface area (Å²) in [5, 5.41) is 2.62. The van der Waals surface area contributed by atoms with E-state index in [1.54, 1.807) is 12.1 Å². The van der Waals surface area contributed by atoms with Gasteiger partial charge in [-0.05, 0) is 17.7 Å². The number of nitrogens with one attached hydrogen (secondary N) is 1. The molecule has 7 nitrogen and oxygen atoms in total. The van der Waals surface area contributed by atoms with Crippen LogP contribution in [0.2, 0.25) is 5.28 Å². The molecule has 0 unspecified atom stereocenters. The van der Waals surface area contributed by atoms with E-state index in [0.29, 0.717) is 16.9 Å². The van der Waals surface area contributed by atoms with Crippen LogP contribution < -0.4 is 14.8 Å². The summed E-state index contributed by atoms with van der Waals surface area (Å²) in [4.78, 5) is 11.1. The molecule has 13 heteroatoms. The molecule has 2 aromatic heterocycles. The van der Waals surface area contributed by atoms with Gasteiger partial charge in [0, 0.05) is 30.9 Å². The quantitative estimate of drug-likeness (QED) is 0.402. The monoisotopic (exact) mass is 463 g/mol. The summed E-state index contributed by atoms with van der Waals surface area (Å²) < 4.78 is 74.8. The van der Waals surface area contributed by atoms with Crippen molar-refractivity contribution < 1.29 is 31.4 Å². The van der Waals surface area contributed by atoms with E-state index in [4.69, 9.17) is 16.3 Å². The van der Waals surface area contributed by atoms with Gasteiger partial charge in [-0.2, -0.15) is 26.9 Å². The van der Waals surface area contributed by atoms with Gasteiger partial charge >= 0.3 is 12.8 Å². The second kappa shape index (κ2) is 8.92. The number of rotatable bonds is 7. The van der Waals surface area contributed by atoms with Gasteiger partial charge in [-0.1, -0.05) is 12.1 Å². The van der Waals surface area contributed by atoms with E-state index in [-0.39, 0.29) is 29.2 Å². The maximum Gasteiger partial charge on any atom is 0.434 e. The van der Waals surface area contributed by atoms with Crippen molar-refractivity contribution in [3.8, 4) is 22.9 Å². The summed E-state index contributed by atoms with van der Waals surface area (Å²) in [5.74, 6) is 0.0615. The van der Waals surface area contributed by atoms with Gasteiger partial charge in [0.15, 0.2) is 17.3 Å². The molecular formula is C18H15ClF5N5O2. The van der Waals surface area contributed by atoms with Gasteiger partial charge in [0.1, 0.15) is 11.6 Å². The number of halogens is 6. The lowest BCUT2D eigenvalue weighted by atomic mass is 10.1. The first-order valence-corrected chi connectivity index (χ1v) is 8.95. The third-order valence-corrected chi connectivity index (χ3v) is 4.28. The molecule has 1 aromatic carbocycles. The number of nitrogens with zero attached hydrogens (tertiary/aromatic N) is 4. The molecule has 0 spiro atoms. The van der Waals surface area contributed by atoms with Crippen LogP contribution in [0.4, 0.5) is 27.8 Å². The van der Waals surface area contributed by atoms with Crippen LogP contribution in [0.5, 0.6) is 11.5 Å². The van der Waals surface area contributed by atoms with Crippen molar-refractivity contribution in [2.45, 2.75) is 19.3 Å². The molecular weight excluding hydrogens is 449 g/mol. The maximum atomic E-state index is 12.9. The largest absolute Gasteiger partial charge is 0.496 e. The number of hydrogen-bond donors (Lipinski definition) is 1. The lowest BCUT2D eigenvalue weighted by Crippen LogP contribution is -2.09. The van der Waals surface area contributed by atoms with Crippen LogP contribution in [0.1, 0.15) is 11.3 Å². The molecule has 3 rings (SSSR count). The molecule has 0 saturated heterocycles. The fraction of sp³-hybridized carbons (Fsp3) is 0.278. The molecule has 0 aliphatic heterocycles. The van der Waals surface area contributed by atoms with E-state index in [2.05, 4.69) is 25.0 Å². The summed E-state index contributed by atoms with van der Waals surface area (Å²) in [6.45, 7) is -3.02. The Labute approximate surface area is 177 Å². The highest BCUT2D eigenvalue weighted by Crippen LogP contribution is 2.33. The van der Waals surface area contributed by atoms with Crippen LogP contribution in [-0.2, 0) is 19.8 Å². The number of methoxy groups -OCH3 is 1. The molecule has 166 valence electrons. The Morgan fingerprint density at radius 3 is 2.55 bits per heavy atom. The van der Waals surface area contributed by atoms with Crippen molar-refractivity contribution in [2.24, 2.45) is 7.05 Å². The van der Waals surface area contributed by atoms with E-state index >= 15 is 0 Å². The summed E-state index contributed by atoms with van der Waals surface area (Å²) in [5.41, 5.74) is -0.0541. The maximum absolute atomic E-state index is 12.9. The first-order valence-electron chi connectivity index (χ1n) is 8.57. The van der Waals surface area contributed by atoms with Crippen molar-refractivity contribution >= 4 is 17.4 Å². The van der Waals surface area contributed by atoms with Crippen LogP contribution in [0.15, 0.2) is 30.6 Å². The number of ether oxygens (including phenoxy) is 2. The van der Waals surface area contributed by atoms with E-state index < -0.39 is 18.5 Å². The minimum absolute atomic E-state index is 0.0603. The molecule has 0 aliphatic carbocycles. The van der Waals surface area contributed by atoms with Gasteiger partial charge in [-0.15, -0.1) is 0 Å². The zero-order valence-electron chi connectivity index (χ0n) is 16.0. The van der Waals surface area contributed by atoms with Crippen LogP contribution in [0, 0.1) is 0 Å². The normalized spacial score (nSPS) is 11.6. The molecule has 0 amide bonds. The van der Waals surface area contributed by atoms with Gasteiger partial charge in [0.05, 0.1) is 13.3 Å². The topological polar surface area (TPSA) is 74.1 Å². The molecule has 2 heterocycles. The van der Waals surface area contributed by atoms with E-state index in [0.717, 1.165) is 12.4 Å². The molecule has 0 atom stereocenters. The van der Waals surface area contributed by atoms with Crippen molar-refractivity contribution in [1.82, 2.24) is 19.5 Å². The molecule has 0 bridgehead atoms. The van der Waals surface area contributed by atoms with E-state index in [1.165, 1.54) is 24.8 Å². The molecule has 0 fully saturated rings. The average molecular weight is 464 g/mol. The van der Waals surface area contributed by atoms with Crippen molar-refractivity contribution in [3.05, 3.63) is 47.1 Å². The van der Waals surface area contributed by atoms with Crippen molar-refractivity contribution in [1.29, 1.82) is 0 Å². The zero-order chi connectivity index (χ0) is 22.8. The summed E-state index contributed by atoms with van der Waals surface area (Å²) >= 11 is 5.71. The first-order chi connectivity index (χ1) is 14.6. The predicted octanol–water partition coefficient (Wildman–Crippen LogP) is 4.77. The third kappa shape index (κ3) is 5.32. The predicted molar refractivity (Wildman–Crippen MR) is 101 cm³/mol. The third-order valence-electron chi connectivity index (χ3n) is 4.10. The molecule has 3 aromatic rings. The smallest absolute Gasteiger partial charge is 0.434 e. The van der Waals surface area contributed by atoms with Crippen LogP contribution >= 0.6 is 11.6 Å². The highest BCUT2D eigenvalue weighted by molar-refractivity contribution is 6.28. The fourth-order valence-corrected chi connectivity index (χ4v) is 2.87. The molecule has 1 N–H and O–H groups in total. The van der Waals surface area contributed by atoms with Gasteiger partial charge < -0.3 is 19.4 Å². The second-order valence-electron chi connectivity index (χ2n) is 6.17. The number of imidazole rings is 1. The minimum atomic E-state index is -4.57. The number of alkyl halides is 5. The van der Waals surface area contributed by atoms with Crippen molar-refractivity contribution in [3.63, 3.8) is 0 Å². The number of hydrogen-bond acceptors (Lipinski definition) is 6. The fourth-order valence-electron chi connectivity index (χ4n) is 2.74. The SMILES string of the molecule is COc1cc(-c2nc(C(F)(F)F)cn2C)ccc1CNc1nc(Cl)ncc1OC(F)F. The number of aryl methyl sites for hydroxylation is 1. The number of benzene rings is 1. The first kappa shape index (κ1) is 22.5. The van der Waals surface area contributed by atoms with Crippen molar-refractivity contribution in [2.75, 3.05) is 12.4 Å². The van der Waals surface area contributed by atoms with Crippen LogP contribution in [-0.4, -0.2) is 33.2 Å². The van der Waals surface area contributed by atoms with Crippen LogP contribution in [0.3, 0.4) is 0 Å². The van der Waals surface area contributed by atoms with Gasteiger partial charge in [-0.3, -0.25) is 0 Å². The number of anilines is 1. The summed E-state index contributed by atoms with van der Waals surface area (Å²) in [7, 11) is 2.83. The Morgan fingerprint density at radius 1 is 1.19 bits per heavy atom. The molecule has 31 heavy (non-hydrogen) atoms. The zero-order valence-corrected chi connectivity index (χ0v) is 16.8. The Bertz CT molecular complexity index is 1070. The standard InChI is InChI=1S/C18H15ClF5N5O2/c1-29-8-13(18(22,23)24)27-15(29)9-3-4-10(11(5-9)30-2)6-25-14-12(31-17(20)21)7-26-16(19)28-14/h3-5,7-8,17H,6H2,1-2H3,(H,25,26,28). The lowest BCUT2D eigenvalue weighted by Gasteiger charge is -2.14. The molecule has 0 aliphatic rings. The minimum Gasteiger partial charge on any atom is -0.496 e. The molecule has 0 radical (unpaired) electrons. The van der Waals surface area contributed by atoms with E-state index in [9.17, 15) is 22.0 Å². The Kier molecular flexibility index (Phi) is 6.48. The van der Waals surface area contributed by atoms with Gasteiger partial charge in [-0.25, -0.2) is 9.97 Å². The summed E-state index contributed by atoms with van der Waals surface area (Å²) in [6.07, 6.45) is -2.68. The van der Waals surface area contributed by atoms with Crippen LogP contribution in [0.25, 0.3) is 11.4 Å². The average Bonchev–Trinajstić information content (AvgIpc) is 3.10. The highest BCUT2D eigenvalue weighted by atomic mass is 35.5. The Hall–Kier alpha value is -3.15. The Balaban J connectivity index is 1.85. The Morgan fingerprint density at radius 2 is 1.94 bits per heavy atom.